The predicted octanol–water partition coefficient (Wildman–Crippen LogP) is 5.44. The van der Waals surface area contributed by atoms with Gasteiger partial charge >= 0.3 is 6.09 Å². The summed E-state index contributed by atoms with van der Waals surface area (Å²) in [6.07, 6.45) is 2.72. The number of benzene rings is 2. The van der Waals surface area contributed by atoms with Crippen molar-refractivity contribution in [2.45, 2.75) is 70.7 Å². The van der Waals surface area contributed by atoms with Crippen LogP contribution in [0, 0.1) is 11.7 Å². The van der Waals surface area contributed by atoms with Crippen LogP contribution >= 0.6 is 0 Å². The molecule has 0 radical (unpaired) electrons. The monoisotopic (exact) mass is 456 g/mol. The fourth-order valence-electron chi connectivity index (χ4n) is 4.44. The number of ether oxygens (including phenoxy) is 1. The Morgan fingerprint density at radius 1 is 1.12 bits per heavy atom. The molecule has 5 nitrogen and oxygen atoms in total. The zero-order valence-corrected chi connectivity index (χ0v) is 20.0. The van der Waals surface area contributed by atoms with Crippen LogP contribution in [-0.4, -0.2) is 40.8 Å². The van der Waals surface area contributed by atoms with Gasteiger partial charge in [-0.3, -0.25) is 4.90 Å². The highest BCUT2D eigenvalue weighted by molar-refractivity contribution is 5.68. The number of hydrogen-bond donors (Lipinski definition) is 2. The minimum absolute atomic E-state index is 0.136. The summed E-state index contributed by atoms with van der Waals surface area (Å²) < 4.78 is 19.0. The van der Waals surface area contributed by atoms with Crippen LogP contribution in [0.4, 0.5) is 9.18 Å². The highest BCUT2D eigenvalue weighted by Crippen LogP contribution is 2.27. The van der Waals surface area contributed by atoms with Gasteiger partial charge in [-0.05, 0) is 75.6 Å². The summed E-state index contributed by atoms with van der Waals surface area (Å²) in [6.45, 7) is 7.60. The van der Waals surface area contributed by atoms with Crippen molar-refractivity contribution >= 4 is 6.09 Å². The van der Waals surface area contributed by atoms with Gasteiger partial charge in [-0.1, -0.05) is 42.5 Å². The smallest absolute Gasteiger partial charge is 0.407 e. The number of amides is 1. The molecule has 3 rings (SSSR count). The maximum Gasteiger partial charge on any atom is 0.407 e. The van der Waals surface area contributed by atoms with Gasteiger partial charge in [0.25, 0.3) is 0 Å². The molecule has 180 valence electrons. The van der Waals surface area contributed by atoms with E-state index < -0.39 is 11.7 Å². The van der Waals surface area contributed by atoms with Gasteiger partial charge in [0, 0.05) is 25.7 Å². The molecule has 1 fully saturated rings. The molecule has 0 unspecified atom stereocenters. The highest BCUT2D eigenvalue weighted by Gasteiger charge is 2.26. The average molecular weight is 457 g/mol. The van der Waals surface area contributed by atoms with Crippen LogP contribution in [0.25, 0.3) is 0 Å². The van der Waals surface area contributed by atoms with E-state index in [1.807, 2.05) is 39.0 Å². The second-order valence-corrected chi connectivity index (χ2v) is 10.1. The van der Waals surface area contributed by atoms with Crippen LogP contribution in [0.2, 0.25) is 0 Å². The summed E-state index contributed by atoms with van der Waals surface area (Å²) in [4.78, 5) is 14.3. The first kappa shape index (κ1) is 25.2. The minimum Gasteiger partial charge on any atom is -0.444 e. The summed E-state index contributed by atoms with van der Waals surface area (Å²) in [6, 6.07) is 16.5. The summed E-state index contributed by atoms with van der Waals surface area (Å²) in [7, 11) is 0. The van der Waals surface area contributed by atoms with Gasteiger partial charge in [0.1, 0.15) is 11.4 Å². The molecule has 0 aliphatic heterocycles. The fourth-order valence-corrected chi connectivity index (χ4v) is 4.44. The number of rotatable bonds is 8. The van der Waals surface area contributed by atoms with Gasteiger partial charge in [-0.25, -0.2) is 9.18 Å². The predicted molar refractivity (Wildman–Crippen MR) is 128 cm³/mol. The lowest BCUT2D eigenvalue weighted by atomic mass is 9.85. The molecule has 1 saturated carbocycles. The van der Waals surface area contributed by atoms with Crippen LogP contribution in [-0.2, 0) is 11.3 Å². The maximum absolute atomic E-state index is 13.6. The van der Waals surface area contributed by atoms with E-state index in [-0.39, 0.29) is 18.0 Å². The second kappa shape index (κ2) is 11.6. The van der Waals surface area contributed by atoms with Crippen molar-refractivity contribution in [2.24, 2.45) is 5.92 Å². The van der Waals surface area contributed by atoms with Crippen molar-refractivity contribution in [3.63, 3.8) is 0 Å². The first-order valence-electron chi connectivity index (χ1n) is 11.9. The van der Waals surface area contributed by atoms with Crippen molar-refractivity contribution in [3.8, 4) is 0 Å². The van der Waals surface area contributed by atoms with E-state index in [4.69, 9.17) is 4.74 Å². The Labute approximate surface area is 197 Å². The number of halogens is 1. The van der Waals surface area contributed by atoms with Crippen molar-refractivity contribution < 1.29 is 19.0 Å². The molecule has 0 spiro atoms. The molecule has 1 aliphatic carbocycles. The number of hydrogen-bond acceptors (Lipinski definition) is 4. The van der Waals surface area contributed by atoms with Gasteiger partial charge in [-0.2, -0.15) is 0 Å². The first-order valence-corrected chi connectivity index (χ1v) is 11.9. The molecule has 33 heavy (non-hydrogen) atoms. The zero-order chi connectivity index (χ0) is 23.8. The normalized spacial score (nSPS) is 19.8. The SMILES string of the molecule is CC(C)(C)OC(=O)NC1CCC(CN(Cc2ccccc2)C[C@H](O)c2cccc(F)c2)CC1. The molecule has 1 atom stereocenters. The third-order valence-corrected chi connectivity index (χ3v) is 6.00. The lowest BCUT2D eigenvalue weighted by Gasteiger charge is -2.34. The van der Waals surface area contributed by atoms with Gasteiger partial charge < -0.3 is 15.2 Å². The first-order chi connectivity index (χ1) is 15.7. The number of carbonyl (C=O) groups excluding carboxylic acids is 1. The van der Waals surface area contributed by atoms with E-state index >= 15 is 0 Å². The van der Waals surface area contributed by atoms with Crippen molar-refractivity contribution in [1.29, 1.82) is 0 Å². The molecule has 2 N–H and O–H groups in total. The molecular weight excluding hydrogens is 419 g/mol. The molecule has 2 aromatic rings. The number of aliphatic hydroxyl groups excluding tert-OH is 1. The van der Waals surface area contributed by atoms with Gasteiger partial charge in [0.15, 0.2) is 0 Å². The van der Waals surface area contributed by atoms with Crippen molar-refractivity contribution in [3.05, 3.63) is 71.5 Å². The topological polar surface area (TPSA) is 61.8 Å². The van der Waals surface area contributed by atoms with Gasteiger partial charge in [0.2, 0.25) is 0 Å². The standard InChI is InChI=1S/C27H37FN2O3/c1-27(2,3)33-26(32)29-24-14-12-21(13-15-24)18-30(17-20-8-5-4-6-9-20)19-25(31)22-10-7-11-23(28)16-22/h4-11,16,21,24-25,31H,12-15,17-19H2,1-3H3,(H,29,32)/t21?,24?,25-/m0/s1. The molecule has 0 heterocycles. The lowest BCUT2D eigenvalue weighted by Crippen LogP contribution is -2.42. The summed E-state index contributed by atoms with van der Waals surface area (Å²) >= 11 is 0. The molecule has 6 heteroatoms. The summed E-state index contributed by atoms with van der Waals surface area (Å²) in [5, 5.41) is 13.8. The van der Waals surface area contributed by atoms with E-state index in [9.17, 15) is 14.3 Å². The molecule has 0 saturated heterocycles. The van der Waals surface area contributed by atoms with E-state index in [2.05, 4.69) is 22.3 Å². The van der Waals surface area contributed by atoms with Crippen LogP contribution in [0.1, 0.15) is 63.7 Å². The molecule has 0 aromatic heterocycles. The van der Waals surface area contributed by atoms with E-state index in [0.717, 1.165) is 38.8 Å². The third-order valence-electron chi connectivity index (χ3n) is 6.00. The van der Waals surface area contributed by atoms with E-state index in [1.165, 1.54) is 17.7 Å². The van der Waals surface area contributed by atoms with Gasteiger partial charge in [-0.15, -0.1) is 0 Å². The Bertz CT molecular complexity index is 876. The van der Waals surface area contributed by atoms with E-state index in [1.54, 1.807) is 12.1 Å². The largest absolute Gasteiger partial charge is 0.444 e. The van der Waals surface area contributed by atoms with E-state index in [0.29, 0.717) is 18.0 Å². The van der Waals surface area contributed by atoms with Crippen LogP contribution in [0.5, 0.6) is 0 Å². The summed E-state index contributed by atoms with van der Waals surface area (Å²) in [5.74, 6) is 0.141. The lowest BCUT2D eigenvalue weighted by molar-refractivity contribution is 0.0477. The van der Waals surface area contributed by atoms with Crippen molar-refractivity contribution in [2.75, 3.05) is 13.1 Å². The highest BCUT2D eigenvalue weighted by atomic mass is 19.1. The number of nitrogens with one attached hydrogen (secondary N) is 1. The van der Waals surface area contributed by atoms with Crippen LogP contribution in [0.3, 0.4) is 0 Å². The number of alkyl carbamates (subject to hydrolysis) is 1. The van der Waals surface area contributed by atoms with Crippen LogP contribution < -0.4 is 5.32 Å². The second-order valence-electron chi connectivity index (χ2n) is 10.1. The maximum atomic E-state index is 13.6. The zero-order valence-electron chi connectivity index (χ0n) is 20.0. The number of nitrogens with zero attached hydrogens (tertiary/aromatic N) is 1. The number of aliphatic hydroxyl groups is 1. The Kier molecular flexibility index (Phi) is 8.87. The molecule has 0 bridgehead atoms. The van der Waals surface area contributed by atoms with Crippen molar-refractivity contribution in [1.82, 2.24) is 10.2 Å². The van der Waals surface area contributed by atoms with Crippen LogP contribution in [0.15, 0.2) is 54.6 Å². The van der Waals surface area contributed by atoms with Gasteiger partial charge in [0.05, 0.1) is 6.10 Å². The Morgan fingerprint density at radius 2 is 1.82 bits per heavy atom. The summed E-state index contributed by atoms with van der Waals surface area (Å²) in [5.41, 5.74) is 1.28. The Balaban J connectivity index is 1.57. The fraction of sp³-hybridized carbons (Fsp3) is 0.519. The molecular formula is C27H37FN2O3. The minimum atomic E-state index is -0.755. The quantitative estimate of drug-likeness (QED) is 0.555. The molecule has 1 amide bonds. The Morgan fingerprint density at radius 3 is 2.45 bits per heavy atom. The molecule has 2 aromatic carbocycles. The Hall–Kier alpha value is -2.44. The third kappa shape index (κ3) is 8.78. The average Bonchev–Trinajstić information content (AvgIpc) is 2.74. The number of carbonyl (C=O) groups is 1. The molecule has 1 aliphatic rings.